The quantitative estimate of drug-likeness (QED) is 0.410. The van der Waals surface area contributed by atoms with Crippen molar-refractivity contribution in [2.24, 2.45) is 0 Å². The van der Waals surface area contributed by atoms with Crippen molar-refractivity contribution in [3.8, 4) is 10.4 Å². The van der Waals surface area contributed by atoms with Gasteiger partial charge in [0.05, 0.1) is 4.88 Å². The first-order valence-corrected chi connectivity index (χ1v) is 13.1. The third kappa shape index (κ3) is 5.86. The lowest BCUT2D eigenvalue weighted by Gasteiger charge is -2.25. The van der Waals surface area contributed by atoms with Gasteiger partial charge in [-0.2, -0.15) is 13.2 Å². The van der Waals surface area contributed by atoms with Gasteiger partial charge in [-0.25, -0.2) is 18.7 Å². The van der Waals surface area contributed by atoms with E-state index in [2.05, 4.69) is 20.6 Å². The van der Waals surface area contributed by atoms with E-state index in [1.54, 1.807) is 4.90 Å². The van der Waals surface area contributed by atoms with E-state index in [0.717, 1.165) is 55.7 Å². The zero-order valence-corrected chi connectivity index (χ0v) is 21.2. The minimum Gasteiger partial charge on any atom is -0.359 e. The van der Waals surface area contributed by atoms with Gasteiger partial charge in [0.2, 0.25) is 0 Å². The van der Waals surface area contributed by atoms with Crippen molar-refractivity contribution in [3.05, 3.63) is 28.5 Å². The number of nitrogens with one attached hydrogen (secondary N) is 2. The maximum atomic E-state index is 14.2. The fourth-order valence-corrected chi connectivity index (χ4v) is 5.42. The first kappa shape index (κ1) is 27.2. The van der Waals surface area contributed by atoms with Crippen molar-refractivity contribution < 1.29 is 31.5 Å². The molecule has 0 bridgehead atoms. The average Bonchev–Trinajstić information content (AvgIpc) is 3.45. The molecule has 2 N–H and O–H groups in total. The number of thiazole rings is 1. The van der Waals surface area contributed by atoms with E-state index in [0.29, 0.717) is 6.54 Å². The van der Waals surface area contributed by atoms with E-state index in [1.807, 2.05) is 6.92 Å². The van der Waals surface area contributed by atoms with E-state index >= 15 is 0 Å². The second kappa shape index (κ2) is 10.9. The number of rotatable bonds is 8. The molecule has 2 amide bonds. The number of pyridine rings is 1. The Morgan fingerprint density at radius 3 is 2.49 bits per heavy atom. The molecule has 2 unspecified atom stereocenters. The van der Waals surface area contributed by atoms with Crippen LogP contribution in [0, 0.1) is 0 Å². The number of hydrogen-bond acceptors (Lipinski definition) is 6. The standard InChI is InChI=1S/C24H28F5N5O2S/c1-3-16(24(27,28)29)32-17-10-14(20(25)26)15(11-30-17)19-18(23(36)34-9-5-6-12(34)2)33-22(37-19)21(35)31-13-7-4-8-13/h10-13,16,20H,3-9H2,1-2H3,(H,30,32)(H,31,35). The number of nitrogens with zero attached hydrogens (tertiary/aromatic N) is 3. The Labute approximate surface area is 214 Å². The Morgan fingerprint density at radius 1 is 1.22 bits per heavy atom. The van der Waals surface area contributed by atoms with E-state index in [1.165, 1.54) is 6.92 Å². The number of likely N-dealkylation sites (tertiary alicyclic amines) is 1. The number of carbonyl (C=O) groups is 2. The predicted molar refractivity (Wildman–Crippen MR) is 129 cm³/mol. The van der Waals surface area contributed by atoms with Gasteiger partial charge in [-0.15, -0.1) is 11.3 Å². The number of halogens is 5. The molecule has 1 saturated heterocycles. The fourth-order valence-electron chi connectivity index (χ4n) is 4.43. The number of anilines is 1. The van der Waals surface area contributed by atoms with Gasteiger partial charge in [-0.1, -0.05) is 6.92 Å². The summed E-state index contributed by atoms with van der Waals surface area (Å²) in [6.45, 7) is 3.66. The highest BCUT2D eigenvalue weighted by molar-refractivity contribution is 7.17. The van der Waals surface area contributed by atoms with Crippen molar-refractivity contribution in [2.45, 2.75) is 83.1 Å². The van der Waals surface area contributed by atoms with Crippen LogP contribution in [0.3, 0.4) is 0 Å². The molecule has 2 aliphatic rings. The third-order valence-electron chi connectivity index (χ3n) is 6.82. The molecule has 2 aromatic heterocycles. The fraction of sp³-hybridized carbons (Fsp3) is 0.583. The SMILES string of the molecule is CCC(Nc1cc(C(F)F)c(-c2sc(C(=O)NC3CCC3)nc2C(=O)N2CCCC2C)cn1)C(F)(F)F. The van der Waals surface area contributed by atoms with E-state index in [9.17, 15) is 31.5 Å². The first-order chi connectivity index (χ1) is 17.5. The van der Waals surface area contributed by atoms with Gasteiger partial charge >= 0.3 is 6.18 Å². The molecular weight excluding hydrogens is 517 g/mol. The summed E-state index contributed by atoms with van der Waals surface area (Å²) in [5, 5.41) is 4.96. The van der Waals surface area contributed by atoms with Crippen LogP contribution < -0.4 is 10.6 Å². The minimum atomic E-state index is -4.59. The highest BCUT2D eigenvalue weighted by atomic mass is 32.1. The van der Waals surface area contributed by atoms with Crippen molar-refractivity contribution in [1.82, 2.24) is 20.2 Å². The Bertz CT molecular complexity index is 1150. The molecule has 1 saturated carbocycles. The maximum absolute atomic E-state index is 14.2. The van der Waals surface area contributed by atoms with Gasteiger partial charge in [0, 0.05) is 36.0 Å². The van der Waals surface area contributed by atoms with E-state index in [-0.39, 0.29) is 45.5 Å². The molecule has 0 aromatic carbocycles. The van der Waals surface area contributed by atoms with E-state index in [4.69, 9.17) is 0 Å². The van der Waals surface area contributed by atoms with Gasteiger partial charge < -0.3 is 15.5 Å². The summed E-state index contributed by atoms with van der Waals surface area (Å²) < 4.78 is 67.9. The molecule has 2 aromatic rings. The summed E-state index contributed by atoms with van der Waals surface area (Å²) in [7, 11) is 0. The molecule has 4 rings (SSSR count). The molecule has 1 aliphatic heterocycles. The predicted octanol–water partition coefficient (Wildman–Crippen LogP) is 5.80. The molecule has 37 heavy (non-hydrogen) atoms. The zero-order chi connectivity index (χ0) is 26.9. The summed E-state index contributed by atoms with van der Waals surface area (Å²) in [5.74, 6) is -1.34. The molecular formula is C24H28F5N5O2S. The summed E-state index contributed by atoms with van der Waals surface area (Å²) in [6, 6.07) is -1.19. The maximum Gasteiger partial charge on any atom is 0.408 e. The number of aromatic nitrogens is 2. The molecule has 0 spiro atoms. The number of carbonyl (C=O) groups excluding carboxylic acids is 2. The lowest BCUT2D eigenvalue weighted by molar-refractivity contribution is -0.142. The Kier molecular flexibility index (Phi) is 8.00. The number of hydrogen-bond donors (Lipinski definition) is 2. The summed E-state index contributed by atoms with van der Waals surface area (Å²) >= 11 is 0.801. The smallest absolute Gasteiger partial charge is 0.359 e. The van der Waals surface area contributed by atoms with Gasteiger partial charge in [-0.3, -0.25) is 9.59 Å². The van der Waals surface area contributed by atoms with Crippen LogP contribution in [0.4, 0.5) is 27.8 Å². The molecule has 2 fully saturated rings. The largest absolute Gasteiger partial charge is 0.408 e. The Hall–Kier alpha value is -2.83. The van der Waals surface area contributed by atoms with Crippen molar-refractivity contribution in [3.63, 3.8) is 0 Å². The van der Waals surface area contributed by atoms with E-state index < -0.39 is 36.0 Å². The second-order valence-electron chi connectivity index (χ2n) is 9.39. The molecule has 13 heteroatoms. The topological polar surface area (TPSA) is 87.2 Å². The Balaban J connectivity index is 1.74. The minimum absolute atomic E-state index is 0.00130. The van der Waals surface area contributed by atoms with Crippen molar-refractivity contribution in [2.75, 3.05) is 11.9 Å². The summed E-state index contributed by atoms with van der Waals surface area (Å²) in [4.78, 5) is 36.1. The summed E-state index contributed by atoms with van der Waals surface area (Å²) in [5.41, 5.74) is -0.882. The molecule has 1 aliphatic carbocycles. The highest BCUT2D eigenvalue weighted by Crippen LogP contribution is 2.39. The normalized spacial score (nSPS) is 19.1. The van der Waals surface area contributed by atoms with Gasteiger partial charge in [0.25, 0.3) is 18.2 Å². The lowest BCUT2D eigenvalue weighted by Crippen LogP contribution is -2.39. The molecule has 2 atom stereocenters. The Morgan fingerprint density at radius 2 is 1.95 bits per heavy atom. The van der Waals surface area contributed by atoms with Crippen LogP contribution >= 0.6 is 11.3 Å². The van der Waals surface area contributed by atoms with Gasteiger partial charge in [0.1, 0.15) is 17.6 Å². The number of alkyl halides is 5. The third-order valence-corrected chi connectivity index (χ3v) is 7.91. The van der Waals surface area contributed by atoms with Crippen LogP contribution in [-0.4, -0.2) is 57.5 Å². The van der Waals surface area contributed by atoms with Gasteiger partial charge in [0.15, 0.2) is 5.01 Å². The lowest BCUT2D eigenvalue weighted by atomic mass is 9.93. The van der Waals surface area contributed by atoms with Crippen LogP contribution in [0.25, 0.3) is 10.4 Å². The zero-order valence-electron chi connectivity index (χ0n) is 20.4. The molecule has 0 radical (unpaired) electrons. The monoisotopic (exact) mass is 545 g/mol. The summed E-state index contributed by atoms with van der Waals surface area (Å²) in [6.07, 6.45) is -2.78. The molecule has 202 valence electrons. The van der Waals surface area contributed by atoms with Crippen LogP contribution in [0.15, 0.2) is 12.3 Å². The van der Waals surface area contributed by atoms with Crippen molar-refractivity contribution >= 4 is 29.0 Å². The molecule has 7 nitrogen and oxygen atoms in total. The van der Waals surface area contributed by atoms with Crippen LogP contribution in [0.2, 0.25) is 0 Å². The average molecular weight is 546 g/mol. The first-order valence-electron chi connectivity index (χ1n) is 12.2. The van der Waals surface area contributed by atoms with Gasteiger partial charge in [-0.05, 0) is 51.5 Å². The molecule has 3 heterocycles. The van der Waals surface area contributed by atoms with Crippen LogP contribution in [0.1, 0.15) is 84.7 Å². The second-order valence-corrected chi connectivity index (χ2v) is 10.4. The highest BCUT2D eigenvalue weighted by Gasteiger charge is 2.39. The number of amides is 2. The van der Waals surface area contributed by atoms with Crippen LogP contribution in [0.5, 0.6) is 0 Å². The van der Waals surface area contributed by atoms with Crippen molar-refractivity contribution in [1.29, 1.82) is 0 Å². The van der Waals surface area contributed by atoms with Crippen LogP contribution in [-0.2, 0) is 0 Å².